The Hall–Kier alpha value is -2.81. The molecule has 0 N–H and O–H groups in total. The minimum absolute atomic E-state index is 0. The molecule has 183 valence electrons. The second-order valence-electron chi connectivity index (χ2n) is 13.7. The Bertz CT molecular complexity index is 1680. The molecule has 0 bridgehead atoms. The van der Waals surface area contributed by atoms with Gasteiger partial charge in [0.15, 0.2) is 0 Å². The summed E-state index contributed by atoms with van der Waals surface area (Å²) in [5, 5.41) is 3.83. The maximum atomic E-state index is 5.28. The lowest BCUT2D eigenvalue weighted by Crippen LogP contribution is -2.42. The Kier molecular flexibility index (Phi) is 5.09. The van der Waals surface area contributed by atoms with Crippen molar-refractivity contribution in [3.05, 3.63) is 71.3 Å². The zero-order valence-electron chi connectivity index (χ0n) is 23.4. The van der Waals surface area contributed by atoms with E-state index in [0.717, 1.165) is 17.6 Å². The smallest absolute Gasteiger partial charge is 0.146 e. The number of aromatic nitrogens is 2. The van der Waals surface area contributed by atoms with Gasteiger partial charge in [-0.1, -0.05) is 92.6 Å². The molecule has 6 rings (SSSR count). The SMILES string of the molecule is CC(C)(C)Cc1ccc2c(c1)c1ccccc1c1nc3cc4c(cc3n21)C(C)(C)C(C)(C)C4(C)C.[B]. The molecule has 3 radical (unpaired) electrons. The van der Waals surface area contributed by atoms with Crippen LogP contribution in [0.25, 0.3) is 38.4 Å². The van der Waals surface area contributed by atoms with Crippen LogP contribution in [0.5, 0.6) is 0 Å². The van der Waals surface area contributed by atoms with Gasteiger partial charge < -0.3 is 0 Å². The fourth-order valence-electron chi connectivity index (χ4n) is 6.67. The summed E-state index contributed by atoms with van der Waals surface area (Å²) in [6.45, 7) is 21.4. The van der Waals surface area contributed by atoms with E-state index in [1.165, 1.54) is 43.9 Å². The summed E-state index contributed by atoms with van der Waals surface area (Å²) in [5.41, 5.74) is 9.46. The van der Waals surface area contributed by atoms with Gasteiger partial charge in [-0.3, -0.25) is 4.40 Å². The highest BCUT2D eigenvalue weighted by atomic mass is 15.0. The van der Waals surface area contributed by atoms with Crippen LogP contribution in [0.3, 0.4) is 0 Å². The van der Waals surface area contributed by atoms with Crippen LogP contribution in [0.2, 0.25) is 0 Å². The minimum Gasteiger partial charge on any atom is -0.292 e. The average Bonchev–Trinajstić information content (AvgIpc) is 3.19. The van der Waals surface area contributed by atoms with Crippen LogP contribution in [-0.2, 0) is 17.3 Å². The van der Waals surface area contributed by atoms with Crippen LogP contribution in [0, 0.1) is 10.8 Å². The lowest BCUT2D eigenvalue weighted by molar-refractivity contribution is 0.125. The van der Waals surface area contributed by atoms with Crippen molar-refractivity contribution in [1.29, 1.82) is 0 Å². The van der Waals surface area contributed by atoms with Gasteiger partial charge in [-0.2, -0.15) is 0 Å². The van der Waals surface area contributed by atoms with E-state index in [0.29, 0.717) is 0 Å². The summed E-state index contributed by atoms with van der Waals surface area (Å²) in [7, 11) is 0. The molecule has 0 atom stereocenters. The lowest BCUT2D eigenvalue weighted by Gasteiger charge is -2.44. The van der Waals surface area contributed by atoms with Crippen molar-refractivity contribution in [2.45, 2.75) is 79.6 Å². The topological polar surface area (TPSA) is 17.3 Å². The average molecular weight is 473 g/mol. The highest BCUT2D eigenvalue weighted by Gasteiger charge is 2.56. The maximum absolute atomic E-state index is 5.28. The van der Waals surface area contributed by atoms with Crippen LogP contribution in [-0.4, -0.2) is 17.8 Å². The third-order valence-corrected chi connectivity index (χ3v) is 9.76. The van der Waals surface area contributed by atoms with Crippen molar-refractivity contribution in [2.24, 2.45) is 10.8 Å². The molecule has 2 heterocycles. The minimum atomic E-state index is 0. The standard InChI is InChI=1S/C33H38N2.B/c1-30(2,3)19-20-14-15-27-23(16-20)21-12-10-11-13-22(21)29-34-26-17-24-25(18-28(26)35(27)29)32(6,7)33(8,9)31(24,4)5;/h10-18H,19H2,1-9H3;. The predicted octanol–water partition coefficient (Wildman–Crippen LogP) is 8.60. The summed E-state index contributed by atoms with van der Waals surface area (Å²) in [5.74, 6) is 0. The Morgan fingerprint density at radius 3 is 1.97 bits per heavy atom. The molecule has 2 nitrogen and oxygen atoms in total. The quantitative estimate of drug-likeness (QED) is 0.176. The van der Waals surface area contributed by atoms with E-state index in [1.54, 1.807) is 0 Å². The zero-order chi connectivity index (χ0) is 25.1. The van der Waals surface area contributed by atoms with Crippen LogP contribution < -0.4 is 0 Å². The molecule has 1 aliphatic carbocycles. The Labute approximate surface area is 217 Å². The molecular formula is C33H38BN2. The van der Waals surface area contributed by atoms with Gasteiger partial charge in [0, 0.05) is 19.2 Å². The molecule has 0 spiro atoms. The number of fused-ring (bicyclic) bond motifs is 9. The molecule has 1 aliphatic rings. The van der Waals surface area contributed by atoms with E-state index >= 15 is 0 Å². The Morgan fingerprint density at radius 1 is 0.722 bits per heavy atom. The number of nitrogens with zero attached hydrogens (tertiary/aromatic N) is 2. The van der Waals surface area contributed by atoms with Gasteiger partial charge in [-0.15, -0.1) is 0 Å². The first-order valence-corrected chi connectivity index (χ1v) is 13.0. The van der Waals surface area contributed by atoms with Crippen molar-refractivity contribution in [3.63, 3.8) is 0 Å². The Morgan fingerprint density at radius 2 is 1.33 bits per heavy atom. The van der Waals surface area contributed by atoms with Gasteiger partial charge >= 0.3 is 0 Å². The Balaban J connectivity index is 0.00000267. The zero-order valence-corrected chi connectivity index (χ0v) is 23.4. The lowest BCUT2D eigenvalue weighted by atomic mass is 9.59. The third-order valence-electron chi connectivity index (χ3n) is 9.76. The van der Waals surface area contributed by atoms with Gasteiger partial charge in [0.05, 0.1) is 16.6 Å². The summed E-state index contributed by atoms with van der Waals surface area (Å²) in [6, 6.07) is 20.7. The fourth-order valence-corrected chi connectivity index (χ4v) is 6.67. The van der Waals surface area contributed by atoms with Crippen molar-refractivity contribution in [2.75, 3.05) is 0 Å². The molecule has 2 aromatic heterocycles. The first-order valence-electron chi connectivity index (χ1n) is 13.0. The number of imidazole rings is 1. The number of rotatable bonds is 1. The molecule has 3 heteroatoms. The molecule has 3 aromatic carbocycles. The van der Waals surface area contributed by atoms with Gasteiger partial charge in [-0.25, -0.2) is 4.98 Å². The normalized spacial score (nSPS) is 18.1. The highest BCUT2D eigenvalue weighted by Crippen LogP contribution is 2.62. The first-order chi connectivity index (χ1) is 16.2. The second kappa shape index (κ2) is 7.37. The third kappa shape index (κ3) is 3.07. The molecule has 0 aliphatic heterocycles. The van der Waals surface area contributed by atoms with Crippen molar-refractivity contribution < 1.29 is 0 Å². The largest absolute Gasteiger partial charge is 0.292 e. The highest BCUT2D eigenvalue weighted by molar-refractivity contribution is 6.14. The predicted molar refractivity (Wildman–Crippen MR) is 156 cm³/mol. The van der Waals surface area contributed by atoms with Crippen molar-refractivity contribution in [1.82, 2.24) is 9.38 Å². The molecule has 0 unspecified atom stereocenters. The van der Waals surface area contributed by atoms with Crippen LogP contribution in [0.1, 0.15) is 79.0 Å². The van der Waals surface area contributed by atoms with E-state index in [1.807, 2.05) is 0 Å². The molecule has 5 aromatic rings. The number of hydrogen-bond donors (Lipinski definition) is 0. The van der Waals surface area contributed by atoms with Gasteiger partial charge in [0.1, 0.15) is 5.65 Å². The number of benzene rings is 3. The first kappa shape index (κ1) is 24.9. The van der Waals surface area contributed by atoms with E-state index in [-0.39, 0.29) is 30.1 Å². The van der Waals surface area contributed by atoms with Gasteiger partial charge in [-0.05, 0) is 74.4 Å². The fraction of sp³-hybridized carbons (Fsp3) is 0.424. The van der Waals surface area contributed by atoms with E-state index in [9.17, 15) is 0 Å². The van der Waals surface area contributed by atoms with Crippen LogP contribution in [0.4, 0.5) is 0 Å². The molecule has 0 saturated carbocycles. The maximum Gasteiger partial charge on any atom is 0.146 e. The van der Waals surface area contributed by atoms with Crippen molar-refractivity contribution in [3.8, 4) is 0 Å². The van der Waals surface area contributed by atoms with E-state index in [4.69, 9.17) is 4.98 Å². The van der Waals surface area contributed by atoms with Crippen LogP contribution >= 0.6 is 0 Å². The molecular weight excluding hydrogens is 435 g/mol. The summed E-state index contributed by atoms with van der Waals surface area (Å²) >= 11 is 0. The number of pyridine rings is 1. The molecule has 0 saturated heterocycles. The molecule has 0 fully saturated rings. The van der Waals surface area contributed by atoms with Crippen LogP contribution in [0.15, 0.2) is 54.6 Å². The van der Waals surface area contributed by atoms with Gasteiger partial charge in [0.25, 0.3) is 0 Å². The monoisotopic (exact) mass is 473 g/mol. The second-order valence-corrected chi connectivity index (χ2v) is 13.7. The van der Waals surface area contributed by atoms with Gasteiger partial charge in [0.2, 0.25) is 0 Å². The summed E-state index contributed by atoms with van der Waals surface area (Å²) in [6.07, 6.45) is 1.06. The molecule has 36 heavy (non-hydrogen) atoms. The summed E-state index contributed by atoms with van der Waals surface area (Å²) in [4.78, 5) is 5.28. The van der Waals surface area contributed by atoms with E-state index < -0.39 is 0 Å². The van der Waals surface area contributed by atoms with Crippen molar-refractivity contribution >= 4 is 46.8 Å². The van der Waals surface area contributed by atoms with E-state index in [2.05, 4.69) is 121 Å². The number of hydrogen-bond acceptors (Lipinski definition) is 1. The molecule has 0 amide bonds. The summed E-state index contributed by atoms with van der Waals surface area (Å²) < 4.78 is 2.42.